The first-order chi connectivity index (χ1) is 35.1. The molecule has 0 N–H and O–H groups in total. The molecule has 0 unspecified atom stereocenters. The Labute approximate surface area is 433 Å². The maximum atomic E-state index is 6.84. The number of anilines is 4. The Morgan fingerprint density at radius 1 is 0.644 bits per heavy atom. The van der Waals surface area contributed by atoms with E-state index < -0.39 is 0 Å². The van der Waals surface area contributed by atoms with E-state index in [2.05, 4.69) is 252 Å². The number of allylic oxidation sites excluding steroid dienone is 14. The fourth-order valence-electron chi connectivity index (χ4n) is 10.8. The smallest absolute Gasteiger partial charge is 0.158 e. The summed E-state index contributed by atoms with van der Waals surface area (Å²) in [4.78, 5) is 4.98. The van der Waals surface area contributed by atoms with Gasteiger partial charge in [0.05, 0.1) is 17.1 Å². The molecule has 8 aromatic rings. The Bertz CT molecular complexity index is 3760. The van der Waals surface area contributed by atoms with Crippen LogP contribution in [-0.2, 0) is 6.42 Å². The minimum atomic E-state index is 0.478. The largest absolute Gasteiger partial charge is 0.465 e. The van der Waals surface area contributed by atoms with Crippen molar-refractivity contribution in [1.82, 2.24) is 0 Å². The molecule has 6 aromatic carbocycles. The van der Waals surface area contributed by atoms with E-state index in [0.29, 0.717) is 18.3 Å². The minimum absolute atomic E-state index is 0.478. The Hall–Kier alpha value is -7.56. The zero-order valence-electron chi connectivity index (χ0n) is 45.2. The van der Waals surface area contributed by atoms with Crippen molar-refractivity contribution in [2.75, 3.05) is 9.80 Å². The lowest BCUT2D eigenvalue weighted by Crippen LogP contribution is -2.23. The first-order valence-electron chi connectivity index (χ1n) is 26.2. The number of hydrogen-bond acceptors (Lipinski definition) is 4. The standard InChI is InChI=1S/C69H70N2O2/c1-41(2)19-14-15-22-58-51(13)73-69-60(58)25-18-26-65(69)71(56-38-46(8)49(11)47(9)39-56)64-36-31-53-28-33-61-63(35-30-52-29-34-62(64)68(53)67(52)61)70(55-32-27-44(6)48(10)45(7)37-55)54-21-17-24-59-57(50(12)72-66(59)40-54)23-16-20-43(5)42(3)4/h14-31,33-39,41-42H,32,40H2,1-13H3/b19-14+,22-15-,23-16-,43-20+. The highest BCUT2D eigenvalue weighted by Crippen LogP contribution is 2.49. The quantitative estimate of drug-likeness (QED) is 0.0902. The van der Waals surface area contributed by atoms with Gasteiger partial charge in [-0.2, -0.15) is 0 Å². The minimum Gasteiger partial charge on any atom is -0.465 e. The molecule has 0 spiro atoms. The summed E-state index contributed by atoms with van der Waals surface area (Å²) in [6.07, 6.45) is 28.3. The van der Waals surface area contributed by atoms with Gasteiger partial charge in [0.1, 0.15) is 17.3 Å². The van der Waals surface area contributed by atoms with Gasteiger partial charge in [-0.3, -0.25) is 0 Å². The maximum absolute atomic E-state index is 6.84. The maximum Gasteiger partial charge on any atom is 0.158 e. The van der Waals surface area contributed by atoms with Crippen LogP contribution in [0.15, 0.2) is 176 Å². The van der Waals surface area contributed by atoms with Crippen molar-refractivity contribution in [3.05, 3.63) is 218 Å². The molecule has 0 saturated carbocycles. The van der Waals surface area contributed by atoms with Crippen molar-refractivity contribution < 1.29 is 8.83 Å². The molecule has 2 heterocycles. The van der Waals surface area contributed by atoms with Crippen molar-refractivity contribution in [2.45, 2.75) is 103 Å². The third-order valence-electron chi connectivity index (χ3n) is 15.7. The fourth-order valence-corrected chi connectivity index (χ4v) is 10.8. The van der Waals surface area contributed by atoms with Crippen molar-refractivity contribution >= 4 is 84.3 Å². The van der Waals surface area contributed by atoms with Crippen LogP contribution in [0.2, 0.25) is 0 Å². The molecular formula is C69H70N2O2. The molecule has 10 rings (SSSR count). The van der Waals surface area contributed by atoms with Crippen molar-refractivity contribution in [3.63, 3.8) is 0 Å². The molecular weight excluding hydrogens is 889 g/mol. The van der Waals surface area contributed by atoms with Crippen LogP contribution in [0.25, 0.3) is 61.5 Å². The van der Waals surface area contributed by atoms with Crippen LogP contribution in [0.4, 0.5) is 22.7 Å². The monoisotopic (exact) mass is 959 g/mol. The van der Waals surface area contributed by atoms with Gasteiger partial charge < -0.3 is 18.6 Å². The van der Waals surface area contributed by atoms with E-state index in [4.69, 9.17) is 8.83 Å². The summed E-state index contributed by atoms with van der Waals surface area (Å²) in [6, 6.07) is 29.9. The number of furan rings is 2. The van der Waals surface area contributed by atoms with E-state index >= 15 is 0 Å². The molecule has 0 atom stereocenters. The molecule has 2 aliphatic carbocycles. The lowest BCUT2D eigenvalue weighted by Gasteiger charge is -2.32. The van der Waals surface area contributed by atoms with E-state index in [1.54, 1.807) is 0 Å². The second kappa shape index (κ2) is 19.8. The molecule has 0 aliphatic heterocycles. The average molecular weight is 959 g/mol. The normalized spacial score (nSPS) is 14.8. The highest BCUT2D eigenvalue weighted by Gasteiger charge is 2.28. The predicted octanol–water partition coefficient (Wildman–Crippen LogP) is 20.3. The van der Waals surface area contributed by atoms with E-state index in [1.165, 1.54) is 82.7 Å². The first-order valence-corrected chi connectivity index (χ1v) is 26.2. The molecule has 0 fully saturated rings. The summed E-state index contributed by atoms with van der Waals surface area (Å²) in [6.45, 7) is 28.7. The Morgan fingerprint density at radius 3 is 1.96 bits per heavy atom. The van der Waals surface area contributed by atoms with E-state index in [-0.39, 0.29) is 0 Å². The molecule has 0 bridgehead atoms. The third-order valence-corrected chi connectivity index (χ3v) is 15.7. The second-order valence-corrected chi connectivity index (χ2v) is 21.2. The summed E-state index contributed by atoms with van der Waals surface area (Å²) >= 11 is 0. The van der Waals surface area contributed by atoms with Gasteiger partial charge in [0.15, 0.2) is 5.58 Å². The highest BCUT2D eigenvalue weighted by molar-refractivity contribution is 6.28. The molecule has 0 radical (unpaired) electrons. The highest BCUT2D eigenvalue weighted by atomic mass is 16.3. The number of para-hydroxylation sites is 1. The number of aryl methyl sites for hydroxylation is 4. The molecule has 0 amide bonds. The number of fused-ring (bicyclic) bond motifs is 2. The molecule has 4 nitrogen and oxygen atoms in total. The number of hydrogen-bond donors (Lipinski definition) is 0. The molecule has 4 heteroatoms. The molecule has 2 aromatic heterocycles. The van der Waals surface area contributed by atoms with Gasteiger partial charge in [-0.25, -0.2) is 0 Å². The van der Waals surface area contributed by atoms with E-state index in [1.807, 2.05) is 0 Å². The van der Waals surface area contributed by atoms with Crippen LogP contribution < -0.4 is 9.80 Å². The van der Waals surface area contributed by atoms with Gasteiger partial charge in [0.2, 0.25) is 0 Å². The van der Waals surface area contributed by atoms with Crippen LogP contribution in [0.5, 0.6) is 0 Å². The average Bonchev–Trinajstić information content (AvgIpc) is 3.70. The topological polar surface area (TPSA) is 32.8 Å². The SMILES string of the molecule is CC1=CCC(N(C2=CC=Cc3c(oc(C)c3/C=C\C=C(/C)C(C)C)C2)c2ccc3ccc4c(N(c5cc(C)c(C)c(C)c5)c5cccc6c(/C=C\C=C\C(C)C)c(C)oc56)ccc5ccc2c3c54)=CC(C)=C1C. The lowest BCUT2D eigenvalue weighted by molar-refractivity contribution is 0.490. The summed E-state index contributed by atoms with van der Waals surface area (Å²) in [5, 5.41) is 8.40. The molecule has 73 heavy (non-hydrogen) atoms. The van der Waals surface area contributed by atoms with Gasteiger partial charge in [-0.05, 0) is 166 Å². The van der Waals surface area contributed by atoms with Gasteiger partial charge in [-0.1, -0.05) is 148 Å². The Balaban J connectivity index is 1.17. The van der Waals surface area contributed by atoms with Crippen LogP contribution in [0.1, 0.15) is 112 Å². The molecule has 0 saturated heterocycles. The van der Waals surface area contributed by atoms with Gasteiger partial charge in [0.25, 0.3) is 0 Å². The van der Waals surface area contributed by atoms with Crippen molar-refractivity contribution in [3.8, 4) is 0 Å². The summed E-state index contributed by atoms with van der Waals surface area (Å²) in [5.41, 5.74) is 20.1. The van der Waals surface area contributed by atoms with Crippen molar-refractivity contribution in [1.29, 1.82) is 0 Å². The molecule has 368 valence electrons. The third kappa shape index (κ3) is 9.07. The number of benzene rings is 6. The zero-order chi connectivity index (χ0) is 51.4. The van der Waals surface area contributed by atoms with Crippen LogP contribution in [0.3, 0.4) is 0 Å². The van der Waals surface area contributed by atoms with Crippen LogP contribution in [0, 0.1) is 46.5 Å². The van der Waals surface area contributed by atoms with E-state index in [0.717, 1.165) is 74.1 Å². The van der Waals surface area contributed by atoms with Gasteiger partial charge >= 0.3 is 0 Å². The van der Waals surface area contributed by atoms with Gasteiger partial charge in [0, 0.05) is 62.8 Å². The summed E-state index contributed by atoms with van der Waals surface area (Å²) in [5.74, 6) is 3.79. The Kier molecular flexibility index (Phi) is 13.3. The Morgan fingerprint density at radius 2 is 1.29 bits per heavy atom. The van der Waals surface area contributed by atoms with Crippen LogP contribution >= 0.6 is 0 Å². The predicted molar refractivity (Wildman–Crippen MR) is 316 cm³/mol. The van der Waals surface area contributed by atoms with E-state index in [9.17, 15) is 0 Å². The second-order valence-electron chi connectivity index (χ2n) is 21.2. The van der Waals surface area contributed by atoms with Gasteiger partial charge in [-0.15, -0.1) is 0 Å². The van der Waals surface area contributed by atoms with Crippen LogP contribution in [-0.4, -0.2) is 0 Å². The van der Waals surface area contributed by atoms with Crippen molar-refractivity contribution in [2.24, 2.45) is 11.8 Å². The lowest BCUT2D eigenvalue weighted by atomic mass is 9.91. The first kappa shape index (κ1) is 49.0. The number of nitrogens with zero attached hydrogens (tertiary/aromatic N) is 2. The fraction of sp³-hybridized carbons (Fsp3) is 0.246. The zero-order valence-corrected chi connectivity index (χ0v) is 45.2. The summed E-state index contributed by atoms with van der Waals surface area (Å²) < 4.78 is 13.6. The summed E-state index contributed by atoms with van der Waals surface area (Å²) in [7, 11) is 0. The number of rotatable bonds is 12. The molecule has 2 aliphatic rings.